The Kier molecular flexibility index (Phi) is 2.09. The standard InChI is InChI=1S/C6H11N3O2/c1-3-9-5(4-10)7-8(2)6(9)11/h10H,3-4H2,1-2H3. The van der Waals surface area contributed by atoms with Crippen molar-refractivity contribution in [3.8, 4) is 0 Å². The molecule has 0 aliphatic heterocycles. The van der Waals surface area contributed by atoms with Crippen LogP contribution in [0.1, 0.15) is 12.7 Å². The van der Waals surface area contributed by atoms with E-state index in [0.29, 0.717) is 12.4 Å². The van der Waals surface area contributed by atoms with E-state index in [1.807, 2.05) is 6.92 Å². The lowest BCUT2D eigenvalue weighted by atomic mass is 10.6. The van der Waals surface area contributed by atoms with E-state index in [1.54, 1.807) is 7.05 Å². The van der Waals surface area contributed by atoms with Crippen LogP contribution < -0.4 is 5.69 Å². The molecule has 0 atom stereocenters. The second kappa shape index (κ2) is 2.87. The van der Waals surface area contributed by atoms with Crippen LogP contribution in [-0.2, 0) is 20.2 Å². The zero-order chi connectivity index (χ0) is 8.43. The molecule has 62 valence electrons. The molecule has 0 aliphatic carbocycles. The number of aromatic nitrogens is 3. The lowest BCUT2D eigenvalue weighted by Crippen LogP contribution is -2.22. The fraction of sp³-hybridized carbons (Fsp3) is 0.667. The number of hydrogen-bond donors (Lipinski definition) is 1. The molecule has 1 heterocycles. The van der Waals surface area contributed by atoms with Crippen molar-refractivity contribution in [1.29, 1.82) is 0 Å². The lowest BCUT2D eigenvalue weighted by Gasteiger charge is -1.95. The number of aliphatic hydroxyl groups is 1. The average molecular weight is 157 g/mol. The van der Waals surface area contributed by atoms with Crippen molar-refractivity contribution in [3.05, 3.63) is 16.3 Å². The minimum atomic E-state index is -0.191. The zero-order valence-electron chi connectivity index (χ0n) is 6.61. The van der Waals surface area contributed by atoms with Crippen molar-refractivity contribution < 1.29 is 5.11 Å². The third-order valence-electron chi connectivity index (χ3n) is 1.54. The largest absolute Gasteiger partial charge is 0.388 e. The summed E-state index contributed by atoms with van der Waals surface area (Å²) in [4.78, 5) is 11.1. The summed E-state index contributed by atoms with van der Waals surface area (Å²) in [5, 5.41) is 12.6. The smallest absolute Gasteiger partial charge is 0.345 e. The highest BCUT2D eigenvalue weighted by atomic mass is 16.3. The molecule has 11 heavy (non-hydrogen) atoms. The molecule has 0 bridgehead atoms. The number of aliphatic hydroxyl groups excluding tert-OH is 1. The van der Waals surface area contributed by atoms with Gasteiger partial charge in [-0.3, -0.25) is 4.57 Å². The second-order valence-electron chi connectivity index (χ2n) is 2.22. The predicted octanol–water partition coefficient (Wildman–Crippen LogP) is -0.906. The first-order chi connectivity index (χ1) is 5.20. The van der Waals surface area contributed by atoms with Crippen molar-refractivity contribution in [1.82, 2.24) is 14.3 Å². The molecule has 1 rings (SSSR count). The highest BCUT2D eigenvalue weighted by molar-refractivity contribution is 4.83. The van der Waals surface area contributed by atoms with Crippen LogP contribution in [0, 0.1) is 0 Å². The first-order valence-corrected chi connectivity index (χ1v) is 3.44. The molecule has 5 nitrogen and oxygen atoms in total. The third kappa shape index (κ3) is 1.19. The summed E-state index contributed by atoms with van der Waals surface area (Å²) in [6.07, 6.45) is 0. The van der Waals surface area contributed by atoms with E-state index in [9.17, 15) is 4.79 Å². The van der Waals surface area contributed by atoms with E-state index < -0.39 is 0 Å². The Bertz CT molecular complexity index is 299. The Morgan fingerprint density at radius 1 is 1.64 bits per heavy atom. The van der Waals surface area contributed by atoms with E-state index in [0.717, 1.165) is 0 Å². The van der Waals surface area contributed by atoms with Crippen LogP contribution in [-0.4, -0.2) is 19.5 Å². The van der Waals surface area contributed by atoms with Gasteiger partial charge in [0.1, 0.15) is 6.61 Å². The maximum atomic E-state index is 11.1. The van der Waals surface area contributed by atoms with Crippen molar-refractivity contribution in [3.63, 3.8) is 0 Å². The van der Waals surface area contributed by atoms with Gasteiger partial charge in [-0.25, -0.2) is 9.48 Å². The molecule has 0 fully saturated rings. The number of nitrogens with zero attached hydrogens (tertiary/aromatic N) is 3. The maximum absolute atomic E-state index is 11.1. The molecule has 0 radical (unpaired) electrons. The summed E-state index contributed by atoms with van der Waals surface area (Å²) in [5.41, 5.74) is -0.184. The van der Waals surface area contributed by atoms with Crippen molar-refractivity contribution in [2.45, 2.75) is 20.1 Å². The highest BCUT2D eigenvalue weighted by Crippen LogP contribution is 1.89. The molecule has 0 unspecified atom stereocenters. The van der Waals surface area contributed by atoms with Gasteiger partial charge >= 0.3 is 5.69 Å². The summed E-state index contributed by atoms with van der Waals surface area (Å²) in [5.74, 6) is 0.417. The molecular formula is C6H11N3O2. The molecule has 0 aliphatic rings. The van der Waals surface area contributed by atoms with E-state index in [2.05, 4.69) is 5.10 Å². The van der Waals surface area contributed by atoms with Crippen molar-refractivity contribution >= 4 is 0 Å². The lowest BCUT2D eigenvalue weighted by molar-refractivity contribution is 0.264. The molecule has 0 amide bonds. The van der Waals surface area contributed by atoms with E-state index >= 15 is 0 Å². The van der Waals surface area contributed by atoms with E-state index in [1.165, 1.54) is 9.25 Å². The van der Waals surface area contributed by atoms with E-state index in [-0.39, 0.29) is 12.3 Å². The average Bonchev–Trinajstić information content (AvgIpc) is 2.28. The Morgan fingerprint density at radius 2 is 2.27 bits per heavy atom. The van der Waals surface area contributed by atoms with Gasteiger partial charge in [0.2, 0.25) is 0 Å². The molecule has 5 heteroatoms. The number of rotatable bonds is 2. The van der Waals surface area contributed by atoms with Gasteiger partial charge in [0, 0.05) is 13.6 Å². The third-order valence-corrected chi connectivity index (χ3v) is 1.54. The number of aryl methyl sites for hydroxylation is 1. The molecule has 0 spiro atoms. The molecule has 0 saturated heterocycles. The SMILES string of the molecule is CCn1c(CO)nn(C)c1=O. The van der Waals surface area contributed by atoms with Crippen molar-refractivity contribution in [2.24, 2.45) is 7.05 Å². The highest BCUT2D eigenvalue weighted by Gasteiger charge is 2.06. The Morgan fingerprint density at radius 3 is 2.64 bits per heavy atom. The molecule has 1 aromatic rings. The Hall–Kier alpha value is -1.10. The maximum Gasteiger partial charge on any atom is 0.345 e. The van der Waals surface area contributed by atoms with Gasteiger partial charge < -0.3 is 5.11 Å². The van der Waals surface area contributed by atoms with Gasteiger partial charge in [-0.15, -0.1) is 0 Å². The van der Waals surface area contributed by atoms with Gasteiger partial charge in [0.05, 0.1) is 0 Å². The van der Waals surface area contributed by atoms with Crippen LogP contribution in [0.4, 0.5) is 0 Å². The first-order valence-electron chi connectivity index (χ1n) is 3.44. The first kappa shape index (κ1) is 8.00. The molecule has 1 N–H and O–H groups in total. The fourth-order valence-corrected chi connectivity index (χ4v) is 0.990. The summed E-state index contributed by atoms with van der Waals surface area (Å²) in [6.45, 7) is 2.19. The van der Waals surface area contributed by atoms with Gasteiger partial charge in [-0.05, 0) is 6.92 Å². The summed E-state index contributed by atoms with van der Waals surface area (Å²) in [7, 11) is 1.56. The normalized spacial score (nSPS) is 10.5. The van der Waals surface area contributed by atoms with Gasteiger partial charge in [0.25, 0.3) is 0 Å². The van der Waals surface area contributed by atoms with Crippen molar-refractivity contribution in [2.75, 3.05) is 0 Å². The van der Waals surface area contributed by atoms with Crippen LogP contribution in [0.3, 0.4) is 0 Å². The number of hydrogen-bond acceptors (Lipinski definition) is 3. The topological polar surface area (TPSA) is 60.0 Å². The monoisotopic (exact) mass is 157 g/mol. The van der Waals surface area contributed by atoms with Crippen LogP contribution in [0.25, 0.3) is 0 Å². The minimum Gasteiger partial charge on any atom is -0.388 e. The minimum absolute atomic E-state index is 0.184. The second-order valence-corrected chi connectivity index (χ2v) is 2.22. The molecule has 1 aromatic heterocycles. The molecular weight excluding hydrogens is 146 g/mol. The van der Waals surface area contributed by atoms with Crippen LogP contribution in [0.2, 0.25) is 0 Å². The molecule has 0 saturated carbocycles. The Balaban J connectivity index is 3.27. The fourth-order valence-electron chi connectivity index (χ4n) is 0.990. The van der Waals surface area contributed by atoms with Gasteiger partial charge in [-0.1, -0.05) is 0 Å². The van der Waals surface area contributed by atoms with Gasteiger partial charge in [0.15, 0.2) is 5.82 Å². The van der Waals surface area contributed by atoms with E-state index in [4.69, 9.17) is 5.11 Å². The van der Waals surface area contributed by atoms with Crippen LogP contribution in [0.15, 0.2) is 4.79 Å². The predicted molar refractivity (Wildman–Crippen MR) is 39.1 cm³/mol. The summed E-state index contributed by atoms with van der Waals surface area (Å²) >= 11 is 0. The Labute approximate surface area is 63.9 Å². The van der Waals surface area contributed by atoms with Gasteiger partial charge in [-0.2, -0.15) is 5.10 Å². The van der Waals surface area contributed by atoms with Crippen LogP contribution >= 0.6 is 0 Å². The van der Waals surface area contributed by atoms with Crippen LogP contribution in [0.5, 0.6) is 0 Å². The molecule has 0 aromatic carbocycles. The summed E-state index contributed by atoms with van der Waals surface area (Å²) in [6, 6.07) is 0. The quantitative estimate of drug-likeness (QED) is 0.604. The zero-order valence-corrected chi connectivity index (χ0v) is 6.61. The summed E-state index contributed by atoms with van der Waals surface area (Å²) < 4.78 is 2.65.